The van der Waals surface area contributed by atoms with E-state index in [-0.39, 0.29) is 0 Å². The second-order valence-electron chi connectivity index (χ2n) is 2.77. The van der Waals surface area contributed by atoms with E-state index in [4.69, 9.17) is 10.5 Å². The SMILES string of the molecule is C/C=C/COc1ccc(C(N)=O)cc1. The summed E-state index contributed by atoms with van der Waals surface area (Å²) in [4.78, 5) is 10.7. The molecule has 1 amide bonds. The van der Waals surface area contributed by atoms with Crippen molar-refractivity contribution in [2.24, 2.45) is 5.73 Å². The van der Waals surface area contributed by atoms with Crippen molar-refractivity contribution in [2.75, 3.05) is 6.61 Å². The minimum Gasteiger partial charge on any atom is -0.490 e. The average molecular weight is 191 g/mol. The van der Waals surface area contributed by atoms with Crippen LogP contribution in [0.5, 0.6) is 5.75 Å². The lowest BCUT2D eigenvalue weighted by Gasteiger charge is -2.02. The second kappa shape index (κ2) is 5.07. The van der Waals surface area contributed by atoms with Crippen LogP contribution in [-0.2, 0) is 0 Å². The van der Waals surface area contributed by atoms with Crippen LogP contribution in [0.2, 0.25) is 0 Å². The molecule has 0 aliphatic carbocycles. The molecule has 3 nitrogen and oxygen atoms in total. The van der Waals surface area contributed by atoms with Crippen LogP contribution < -0.4 is 10.5 Å². The van der Waals surface area contributed by atoms with E-state index in [0.29, 0.717) is 12.2 Å². The van der Waals surface area contributed by atoms with Gasteiger partial charge in [-0.25, -0.2) is 0 Å². The van der Waals surface area contributed by atoms with Gasteiger partial charge >= 0.3 is 0 Å². The first kappa shape index (κ1) is 10.3. The summed E-state index contributed by atoms with van der Waals surface area (Å²) in [6, 6.07) is 6.74. The maximum absolute atomic E-state index is 10.7. The van der Waals surface area contributed by atoms with Crippen LogP contribution in [0.15, 0.2) is 36.4 Å². The Morgan fingerprint density at radius 2 is 2.07 bits per heavy atom. The Balaban J connectivity index is 2.59. The molecule has 0 aromatic heterocycles. The number of hydrogen-bond donors (Lipinski definition) is 1. The minimum atomic E-state index is -0.426. The van der Waals surface area contributed by atoms with E-state index in [1.165, 1.54) is 0 Å². The Morgan fingerprint density at radius 1 is 1.43 bits per heavy atom. The summed E-state index contributed by atoms with van der Waals surface area (Å²) >= 11 is 0. The molecule has 0 unspecified atom stereocenters. The third-order valence-electron chi connectivity index (χ3n) is 1.72. The summed E-state index contributed by atoms with van der Waals surface area (Å²) in [5.74, 6) is 0.304. The lowest BCUT2D eigenvalue weighted by atomic mass is 10.2. The van der Waals surface area contributed by atoms with Crippen molar-refractivity contribution in [1.82, 2.24) is 0 Å². The van der Waals surface area contributed by atoms with Gasteiger partial charge in [-0.15, -0.1) is 0 Å². The Kier molecular flexibility index (Phi) is 3.73. The zero-order chi connectivity index (χ0) is 10.4. The Morgan fingerprint density at radius 3 is 2.57 bits per heavy atom. The van der Waals surface area contributed by atoms with Crippen LogP contribution in [0, 0.1) is 0 Å². The smallest absolute Gasteiger partial charge is 0.248 e. The normalized spacial score (nSPS) is 10.4. The molecule has 0 aliphatic rings. The van der Waals surface area contributed by atoms with E-state index in [2.05, 4.69) is 0 Å². The van der Waals surface area contributed by atoms with Crippen molar-refractivity contribution in [3.8, 4) is 5.75 Å². The van der Waals surface area contributed by atoms with Crippen molar-refractivity contribution >= 4 is 5.91 Å². The molecular formula is C11H13NO2. The number of rotatable bonds is 4. The van der Waals surface area contributed by atoms with Gasteiger partial charge in [0.1, 0.15) is 12.4 Å². The topological polar surface area (TPSA) is 52.3 Å². The molecule has 0 saturated heterocycles. The predicted octanol–water partition coefficient (Wildman–Crippen LogP) is 1.74. The summed E-state index contributed by atoms with van der Waals surface area (Å²) in [7, 11) is 0. The van der Waals surface area contributed by atoms with Gasteiger partial charge in [-0.05, 0) is 31.2 Å². The van der Waals surface area contributed by atoms with Gasteiger partial charge < -0.3 is 10.5 Å². The number of allylic oxidation sites excluding steroid dienone is 1. The van der Waals surface area contributed by atoms with Crippen molar-refractivity contribution in [1.29, 1.82) is 0 Å². The zero-order valence-electron chi connectivity index (χ0n) is 8.07. The third-order valence-corrected chi connectivity index (χ3v) is 1.72. The summed E-state index contributed by atoms with van der Waals surface area (Å²) in [6.45, 7) is 2.46. The minimum absolute atomic E-state index is 0.426. The van der Waals surface area contributed by atoms with Gasteiger partial charge in [0, 0.05) is 5.56 Å². The highest BCUT2D eigenvalue weighted by Crippen LogP contribution is 2.11. The van der Waals surface area contributed by atoms with Crippen molar-refractivity contribution in [3.05, 3.63) is 42.0 Å². The van der Waals surface area contributed by atoms with E-state index >= 15 is 0 Å². The van der Waals surface area contributed by atoms with Gasteiger partial charge in [0.15, 0.2) is 0 Å². The molecule has 1 rings (SSSR count). The van der Waals surface area contributed by atoms with E-state index in [1.54, 1.807) is 24.3 Å². The molecule has 0 bridgehead atoms. The summed E-state index contributed by atoms with van der Waals surface area (Å²) in [6.07, 6.45) is 3.82. The van der Waals surface area contributed by atoms with E-state index in [1.807, 2.05) is 19.1 Å². The van der Waals surface area contributed by atoms with Gasteiger partial charge in [-0.1, -0.05) is 12.2 Å². The van der Waals surface area contributed by atoms with Crippen LogP contribution >= 0.6 is 0 Å². The highest BCUT2D eigenvalue weighted by atomic mass is 16.5. The first-order valence-corrected chi connectivity index (χ1v) is 4.38. The van der Waals surface area contributed by atoms with Crippen LogP contribution in [0.4, 0.5) is 0 Å². The fourth-order valence-corrected chi connectivity index (χ4v) is 0.956. The highest BCUT2D eigenvalue weighted by Gasteiger charge is 1.98. The van der Waals surface area contributed by atoms with Gasteiger partial charge in [-0.3, -0.25) is 4.79 Å². The maximum atomic E-state index is 10.7. The molecule has 0 spiro atoms. The van der Waals surface area contributed by atoms with Gasteiger partial charge in [0.2, 0.25) is 5.91 Å². The first-order valence-electron chi connectivity index (χ1n) is 4.38. The molecule has 3 heteroatoms. The number of carbonyl (C=O) groups is 1. The molecule has 74 valence electrons. The van der Waals surface area contributed by atoms with Crippen LogP contribution in [0.25, 0.3) is 0 Å². The number of carbonyl (C=O) groups excluding carboxylic acids is 1. The van der Waals surface area contributed by atoms with Crippen LogP contribution in [-0.4, -0.2) is 12.5 Å². The fraction of sp³-hybridized carbons (Fsp3) is 0.182. The number of primary amides is 1. The Hall–Kier alpha value is -1.77. The first-order chi connectivity index (χ1) is 6.74. The van der Waals surface area contributed by atoms with Crippen LogP contribution in [0.3, 0.4) is 0 Å². The molecule has 0 aliphatic heterocycles. The largest absolute Gasteiger partial charge is 0.490 e. The van der Waals surface area contributed by atoms with E-state index < -0.39 is 5.91 Å². The predicted molar refractivity (Wildman–Crippen MR) is 55.3 cm³/mol. The van der Waals surface area contributed by atoms with E-state index in [9.17, 15) is 4.79 Å². The van der Waals surface area contributed by atoms with E-state index in [0.717, 1.165) is 5.75 Å². The standard InChI is InChI=1S/C11H13NO2/c1-2-3-8-14-10-6-4-9(5-7-10)11(12)13/h2-7H,8H2,1H3,(H2,12,13)/b3-2+. The lowest BCUT2D eigenvalue weighted by Crippen LogP contribution is -2.10. The average Bonchev–Trinajstić information content (AvgIpc) is 2.19. The molecule has 14 heavy (non-hydrogen) atoms. The molecule has 0 radical (unpaired) electrons. The molecule has 0 atom stereocenters. The Bertz CT molecular complexity index is 328. The van der Waals surface area contributed by atoms with Crippen molar-refractivity contribution < 1.29 is 9.53 Å². The maximum Gasteiger partial charge on any atom is 0.248 e. The number of hydrogen-bond acceptors (Lipinski definition) is 2. The van der Waals surface area contributed by atoms with Crippen molar-refractivity contribution in [3.63, 3.8) is 0 Å². The van der Waals surface area contributed by atoms with Gasteiger partial charge in [-0.2, -0.15) is 0 Å². The molecule has 0 fully saturated rings. The van der Waals surface area contributed by atoms with Crippen molar-refractivity contribution in [2.45, 2.75) is 6.92 Å². The monoisotopic (exact) mass is 191 g/mol. The molecule has 2 N–H and O–H groups in total. The summed E-state index contributed by atoms with van der Waals surface area (Å²) < 4.78 is 5.34. The number of benzene rings is 1. The summed E-state index contributed by atoms with van der Waals surface area (Å²) in [5.41, 5.74) is 5.58. The quantitative estimate of drug-likeness (QED) is 0.737. The molecule has 1 aromatic rings. The Labute approximate surface area is 83.2 Å². The second-order valence-corrected chi connectivity index (χ2v) is 2.77. The van der Waals surface area contributed by atoms with Gasteiger partial charge in [0.25, 0.3) is 0 Å². The van der Waals surface area contributed by atoms with Crippen LogP contribution in [0.1, 0.15) is 17.3 Å². The highest BCUT2D eigenvalue weighted by molar-refractivity contribution is 5.92. The summed E-state index contributed by atoms with van der Waals surface area (Å²) in [5, 5.41) is 0. The fourth-order valence-electron chi connectivity index (χ4n) is 0.956. The molecular weight excluding hydrogens is 178 g/mol. The zero-order valence-corrected chi connectivity index (χ0v) is 8.07. The molecule has 0 saturated carbocycles. The number of ether oxygens (including phenoxy) is 1. The van der Waals surface area contributed by atoms with Gasteiger partial charge in [0.05, 0.1) is 0 Å². The lowest BCUT2D eigenvalue weighted by molar-refractivity contribution is 0.100. The third kappa shape index (κ3) is 2.94. The molecule has 1 aromatic carbocycles. The molecule has 0 heterocycles. The number of nitrogens with two attached hydrogens (primary N) is 1. The number of amides is 1.